The molecule has 0 unspecified atom stereocenters. The molecule has 0 aliphatic carbocycles. The van der Waals surface area contributed by atoms with Gasteiger partial charge in [0.15, 0.2) is 5.96 Å². The third-order valence-electron chi connectivity index (χ3n) is 4.18. The molecule has 9 nitrogen and oxygen atoms in total. The molecular weight excluding hydrogens is 509 g/mol. The molecule has 1 saturated heterocycles. The van der Waals surface area contributed by atoms with Gasteiger partial charge in [0.1, 0.15) is 5.60 Å². The highest BCUT2D eigenvalue weighted by atomic mass is 127. The first-order chi connectivity index (χ1) is 13.0. The van der Waals surface area contributed by atoms with E-state index in [1.165, 1.54) is 12.1 Å². The van der Waals surface area contributed by atoms with Gasteiger partial charge in [0, 0.05) is 32.7 Å². The van der Waals surface area contributed by atoms with Crippen molar-refractivity contribution in [3.63, 3.8) is 0 Å². The van der Waals surface area contributed by atoms with Crippen LogP contribution in [0.3, 0.4) is 0 Å². The molecular formula is C18H30IN5O4S. The second-order valence-electron chi connectivity index (χ2n) is 7.63. The summed E-state index contributed by atoms with van der Waals surface area (Å²) in [6, 6.07) is 6.39. The lowest BCUT2D eigenvalue weighted by Gasteiger charge is -2.36. The summed E-state index contributed by atoms with van der Waals surface area (Å²) in [4.78, 5) is 20.2. The number of benzene rings is 1. The molecule has 0 aromatic heterocycles. The fourth-order valence-corrected chi connectivity index (χ4v) is 3.21. The molecule has 1 heterocycles. The van der Waals surface area contributed by atoms with Gasteiger partial charge in [-0.3, -0.25) is 4.99 Å². The Labute approximate surface area is 189 Å². The predicted octanol–water partition coefficient (Wildman–Crippen LogP) is 1.36. The maximum atomic E-state index is 12.1. The van der Waals surface area contributed by atoms with Gasteiger partial charge in [0.05, 0.1) is 4.90 Å². The first-order valence-corrected chi connectivity index (χ1v) is 10.6. The molecule has 0 atom stereocenters. The number of amides is 1. The summed E-state index contributed by atoms with van der Waals surface area (Å²) in [7, 11) is -3.68. The molecule has 164 valence electrons. The van der Waals surface area contributed by atoms with Crippen LogP contribution in [-0.2, 0) is 21.2 Å². The number of hydrogen-bond donors (Lipinski definition) is 2. The Kier molecular flexibility index (Phi) is 9.15. The summed E-state index contributed by atoms with van der Waals surface area (Å²) in [5, 5.41) is 5.08. The van der Waals surface area contributed by atoms with Gasteiger partial charge < -0.3 is 20.3 Å². The monoisotopic (exact) mass is 539 g/mol. The van der Waals surface area contributed by atoms with Crippen molar-refractivity contribution in [2.45, 2.75) is 37.7 Å². The van der Waals surface area contributed by atoms with Crippen molar-refractivity contribution >= 4 is 46.1 Å². The smallest absolute Gasteiger partial charge is 0.410 e. The average Bonchev–Trinajstić information content (AvgIpc) is 2.60. The predicted molar refractivity (Wildman–Crippen MR) is 123 cm³/mol. The number of hydrogen-bond acceptors (Lipinski definition) is 5. The third-order valence-corrected chi connectivity index (χ3v) is 5.11. The first kappa shape index (κ1) is 25.4. The van der Waals surface area contributed by atoms with Gasteiger partial charge in [-0.25, -0.2) is 18.4 Å². The summed E-state index contributed by atoms with van der Waals surface area (Å²) in [6.45, 7) is 8.25. The van der Waals surface area contributed by atoms with E-state index in [4.69, 9.17) is 15.6 Å². The molecule has 0 radical (unpaired) electrons. The van der Waals surface area contributed by atoms with E-state index in [1.807, 2.05) is 25.7 Å². The molecule has 2 rings (SSSR count). The Bertz CT molecular complexity index is 814. The van der Waals surface area contributed by atoms with Gasteiger partial charge in [0.2, 0.25) is 10.0 Å². The number of primary sulfonamides is 1. The highest BCUT2D eigenvalue weighted by molar-refractivity contribution is 14.0. The molecule has 0 saturated carbocycles. The van der Waals surface area contributed by atoms with Gasteiger partial charge in [-0.1, -0.05) is 12.1 Å². The lowest BCUT2D eigenvalue weighted by molar-refractivity contribution is 0.0186. The molecule has 4 N–H and O–H groups in total. The number of ether oxygens (including phenoxy) is 1. The molecule has 29 heavy (non-hydrogen) atoms. The largest absolute Gasteiger partial charge is 0.444 e. The number of carbonyl (C=O) groups is 1. The second kappa shape index (κ2) is 10.4. The fourth-order valence-electron chi connectivity index (χ4n) is 2.69. The Hall–Kier alpha value is -1.60. The van der Waals surface area contributed by atoms with Crippen LogP contribution >= 0.6 is 24.0 Å². The van der Waals surface area contributed by atoms with E-state index >= 15 is 0 Å². The van der Waals surface area contributed by atoms with Gasteiger partial charge >= 0.3 is 6.09 Å². The molecule has 1 aliphatic rings. The van der Waals surface area contributed by atoms with Crippen molar-refractivity contribution < 1.29 is 17.9 Å². The van der Waals surface area contributed by atoms with E-state index in [9.17, 15) is 13.2 Å². The number of nitrogens with two attached hydrogens (primary N) is 2. The summed E-state index contributed by atoms with van der Waals surface area (Å²) >= 11 is 0. The summed E-state index contributed by atoms with van der Waals surface area (Å²) in [5.74, 6) is 0.435. The first-order valence-electron chi connectivity index (χ1n) is 9.10. The van der Waals surface area contributed by atoms with Gasteiger partial charge in [-0.15, -0.1) is 24.0 Å². The van der Waals surface area contributed by atoms with Gasteiger partial charge in [0.25, 0.3) is 0 Å². The maximum absolute atomic E-state index is 12.1. The molecule has 1 aliphatic heterocycles. The third kappa shape index (κ3) is 8.34. The standard InChI is InChI=1S/C18H29N5O4S.HI/c1-18(2,3)27-17(24)23-12-10-22(11-13-23)16(19)21-9-8-14-4-6-15(7-5-14)28(20,25)26;/h4-7H,8-13H2,1-3H3,(H2,19,21)(H2,20,25,26);1H. The Morgan fingerprint density at radius 2 is 1.62 bits per heavy atom. The number of sulfonamides is 1. The fraction of sp³-hybridized carbons (Fsp3) is 0.556. The summed E-state index contributed by atoms with van der Waals surface area (Å²) in [6.07, 6.45) is 0.314. The molecule has 1 aromatic carbocycles. The Balaban J connectivity index is 0.00000420. The van der Waals surface area contributed by atoms with E-state index in [0.29, 0.717) is 45.1 Å². The van der Waals surface area contributed by atoms with Crippen molar-refractivity contribution in [3.05, 3.63) is 29.8 Å². The van der Waals surface area contributed by atoms with Crippen LogP contribution in [0.2, 0.25) is 0 Å². The van der Waals surface area contributed by atoms with Gasteiger partial charge in [-0.05, 0) is 44.9 Å². The zero-order chi connectivity index (χ0) is 20.9. The van der Waals surface area contributed by atoms with Crippen LogP contribution in [-0.4, -0.2) is 68.6 Å². The van der Waals surface area contributed by atoms with Crippen molar-refractivity contribution in [2.24, 2.45) is 15.9 Å². The maximum Gasteiger partial charge on any atom is 0.410 e. The average molecular weight is 539 g/mol. The lowest BCUT2D eigenvalue weighted by Crippen LogP contribution is -2.53. The minimum atomic E-state index is -3.68. The van der Waals surface area contributed by atoms with E-state index < -0.39 is 15.6 Å². The normalized spacial score (nSPS) is 15.7. The van der Waals surface area contributed by atoms with Crippen molar-refractivity contribution in [3.8, 4) is 0 Å². The van der Waals surface area contributed by atoms with E-state index in [0.717, 1.165) is 5.56 Å². The molecule has 1 fully saturated rings. The Morgan fingerprint density at radius 1 is 1.10 bits per heavy atom. The zero-order valence-electron chi connectivity index (χ0n) is 17.0. The number of halogens is 1. The topological polar surface area (TPSA) is 131 Å². The van der Waals surface area contributed by atoms with Crippen LogP contribution in [0.5, 0.6) is 0 Å². The van der Waals surface area contributed by atoms with Crippen LogP contribution in [0.25, 0.3) is 0 Å². The van der Waals surface area contributed by atoms with E-state index in [-0.39, 0.29) is 35.0 Å². The molecule has 1 amide bonds. The van der Waals surface area contributed by atoms with Crippen molar-refractivity contribution in [1.82, 2.24) is 9.80 Å². The number of nitrogens with zero attached hydrogens (tertiary/aromatic N) is 3. The van der Waals surface area contributed by atoms with Crippen molar-refractivity contribution in [2.75, 3.05) is 32.7 Å². The number of carbonyl (C=O) groups excluding carboxylic acids is 1. The van der Waals surface area contributed by atoms with Crippen LogP contribution in [0.4, 0.5) is 4.79 Å². The number of guanidine groups is 1. The molecule has 11 heteroatoms. The van der Waals surface area contributed by atoms with Crippen LogP contribution in [0.1, 0.15) is 26.3 Å². The highest BCUT2D eigenvalue weighted by Gasteiger charge is 2.26. The zero-order valence-corrected chi connectivity index (χ0v) is 20.1. The SMILES string of the molecule is CC(C)(C)OC(=O)N1CCN(C(N)=NCCc2ccc(S(N)(=O)=O)cc2)CC1.I. The van der Waals surface area contributed by atoms with Crippen LogP contribution in [0.15, 0.2) is 34.2 Å². The lowest BCUT2D eigenvalue weighted by atomic mass is 10.1. The quantitative estimate of drug-likeness (QED) is 0.338. The van der Waals surface area contributed by atoms with E-state index in [2.05, 4.69) is 4.99 Å². The summed E-state index contributed by atoms with van der Waals surface area (Å²) < 4.78 is 27.9. The van der Waals surface area contributed by atoms with E-state index in [1.54, 1.807) is 17.0 Å². The number of rotatable bonds is 4. The van der Waals surface area contributed by atoms with Gasteiger partial charge in [-0.2, -0.15) is 0 Å². The van der Waals surface area contributed by atoms with Crippen LogP contribution < -0.4 is 10.9 Å². The number of piperazine rings is 1. The van der Waals surface area contributed by atoms with Crippen LogP contribution in [0, 0.1) is 0 Å². The second-order valence-corrected chi connectivity index (χ2v) is 9.19. The molecule has 0 bridgehead atoms. The minimum Gasteiger partial charge on any atom is -0.444 e. The summed E-state index contributed by atoms with van der Waals surface area (Å²) in [5.41, 5.74) is 6.49. The molecule has 0 spiro atoms. The minimum absolute atomic E-state index is 0. The number of aliphatic imine (C=N–C) groups is 1. The molecule has 1 aromatic rings. The van der Waals surface area contributed by atoms with Crippen molar-refractivity contribution in [1.29, 1.82) is 0 Å². The highest BCUT2D eigenvalue weighted by Crippen LogP contribution is 2.12. The Morgan fingerprint density at radius 3 is 2.10 bits per heavy atom.